The van der Waals surface area contributed by atoms with Gasteiger partial charge in [-0.3, -0.25) is 4.90 Å². The Morgan fingerprint density at radius 3 is 2.88 bits per heavy atom. The van der Waals surface area contributed by atoms with Crippen LogP contribution < -0.4 is 5.73 Å². The first-order valence-electron chi connectivity index (χ1n) is 5.89. The van der Waals surface area contributed by atoms with Crippen LogP contribution in [0.2, 0.25) is 0 Å². The summed E-state index contributed by atoms with van der Waals surface area (Å²) in [5, 5.41) is 0. The molecule has 17 heavy (non-hydrogen) atoms. The minimum atomic E-state index is -0.191. The van der Waals surface area contributed by atoms with Crippen molar-refractivity contribution in [3.05, 3.63) is 34.1 Å². The quantitative estimate of drug-likeness (QED) is 0.930. The zero-order chi connectivity index (χ0) is 12.5. The highest BCUT2D eigenvalue weighted by Crippen LogP contribution is 2.29. The normalized spacial score (nSPS) is 25.4. The first-order chi connectivity index (χ1) is 8.02. The minimum Gasteiger partial charge on any atom is -0.330 e. The molecule has 0 amide bonds. The third-order valence-electron chi connectivity index (χ3n) is 3.52. The molecule has 4 heteroatoms. The van der Waals surface area contributed by atoms with Gasteiger partial charge in [-0.1, -0.05) is 13.0 Å². The highest BCUT2D eigenvalue weighted by atomic mass is 79.9. The SMILES string of the molecule is CC1(CN)CCN(Cc2ccc(Br)c(F)c2)C1. The van der Waals surface area contributed by atoms with E-state index in [2.05, 4.69) is 27.8 Å². The summed E-state index contributed by atoms with van der Waals surface area (Å²) in [5.41, 5.74) is 7.03. The van der Waals surface area contributed by atoms with Gasteiger partial charge in [0.05, 0.1) is 4.47 Å². The molecule has 0 aromatic heterocycles. The fraction of sp³-hybridized carbons (Fsp3) is 0.538. The van der Waals surface area contributed by atoms with E-state index in [0.29, 0.717) is 4.47 Å². The zero-order valence-corrected chi connectivity index (χ0v) is 11.6. The van der Waals surface area contributed by atoms with Gasteiger partial charge in [0.1, 0.15) is 5.82 Å². The molecule has 0 bridgehead atoms. The summed E-state index contributed by atoms with van der Waals surface area (Å²) in [5.74, 6) is -0.191. The Labute approximate surface area is 110 Å². The van der Waals surface area contributed by atoms with Crippen LogP contribution in [0.5, 0.6) is 0 Å². The molecular weight excluding hydrogens is 283 g/mol. The Bertz CT molecular complexity index is 410. The van der Waals surface area contributed by atoms with Crippen LogP contribution >= 0.6 is 15.9 Å². The van der Waals surface area contributed by atoms with E-state index >= 15 is 0 Å². The predicted molar refractivity (Wildman–Crippen MR) is 71.2 cm³/mol. The smallest absolute Gasteiger partial charge is 0.137 e. The number of nitrogens with two attached hydrogens (primary N) is 1. The van der Waals surface area contributed by atoms with Crippen LogP contribution in [0.3, 0.4) is 0 Å². The molecule has 1 fully saturated rings. The van der Waals surface area contributed by atoms with Crippen molar-refractivity contribution in [2.24, 2.45) is 11.1 Å². The molecule has 0 saturated carbocycles. The molecule has 1 heterocycles. The Balaban J connectivity index is 2.00. The predicted octanol–water partition coefficient (Wildman–Crippen LogP) is 2.76. The maximum absolute atomic E-state index is 13.4. The first-order valence-corrected chi connectivity index (χ1v) is 6.68. The molecule has 94 valence electrons. The van der Waals surface area contributed by atoms with Crippen LogP contribution in [-0.4, -0.2) is 24.5 Å². The van der Waals surface area contributed by atoms with Gasteiger partial charge in [-0.2, -0.15) is 0 Å². The standard InChI is InChI=1S/C13H18BrFN2/c1-13(8-16)4-5-17(9-13)7-10-2-3-11(14)12(15)6-10/h2-3,6H,4-5,7-9,16H2,1H3. The van der Waals surface area contributed by atoms with Crippen LogP contribution in [0, 0.1) is 11.2 Å². The number of nitrogens with zero attached hydrogens (tertiary/aromatic N) is 1. The molecule has 1 aliphatic rings. The Morgan fingerprint density at radius 2 is 2.29 bits per heavy atom. The zero-order valence-electron chi connectivity index (χ0n) is 10.0. The molecule has 1 atom stereocenters. The fourth-order valence-corrected chi connectivity index (χ4v) is 2.57. The second-order valence-electron chi connectivity index (χ2n) is 5.22. The van der Waals surface area contributed by atoms with Gasteiger partial charge in [-0.25, -0.2) is 4.39 Å². The van der Waals surface area contributed by atoms with Crippen molar-refractivity contribution >= 4 is 15.9 Å². The van der Waals surface area contributed by atoms with E-state index in [1.165, 1.54) is 0 Å². The molecule has 2 N–H and O–H groups in total. The van der Waals surface area contributed by atoms with Crippen LogP contribution in [0.25, 0.3) is 0 Å². The third kappa shape index (κ3) is 3.06. The number of halogens is 2. The molecule has 1 saturated heterocycles. The molecule has 0 radical (unpaired) electrons. The minimum absolute atomic E-state index is 0.191. The summed E-state index contributed by atoms with van der Waals surface area (Å²) < 4.78 is 13.9. The van der Waals surface area contributed by atoms with Gasteiger partial charge in [0.25, 0.3) is 0 Å². The van der Waals surface area contributed by atoms with E-state index < -0.39 is 0 Å². The lowest BCUT2D eigenvalue weighted by Crippen LogP contribution is -2.31. The van der Waals surface area contributed by atoms with Gasteiger partial charge in [0.15, 0.2) is 0 Å². The van der Waals surface area contributed by atoms with Gasteiger partial charge in [0.2, 0.25) is 0 Å². The number of benzene rings is 1. The average Bonchev–Trinajstić information content (AvgIpc) is 2.67. The summed E-state index contributed by atoms with van der Waals surface area (Å²) in [6.45, 7) is 5.79. The molecule has 0 spiro atoms. The maximum atomic E-state index is 13.4. The number of hydrogen-bond acceptors (Lipinski definition) is 2. The van der Waals surface area contributed by atoms with Crippen LogP contribution in [-0.2, 0) is 6.54 Å². The van der Waals surface area contributed by atoms with Gasteiger partial charge < -0.3 is 5.73 Å². The van der Waals surface area contributed by atoms with Crippen LogP contribution in [0.4, 0.5) is 4.39 Å². The second-order valence-corrected chi connectivity index (χ2v) is 6.08. The van der Waals surface area contributed by atoms with Crippen LogP contribution in [0.1, 0.15) is 18.9 Å². The summed E-state index contributed by atoms with van der Waals surface area (Å²) in [7, 11) is 0. The summed E-state index contributed by atoms with van der Waals surface area (Å²) in [4.78, 5) is 2.34. The summed E-state index contributed by atoms with van der Waals surface area (Å²) in [6, 6.07) is 5.33. The average molecular weight is 301 g/mol. The van der Waals surface area contributed by atoms with Gasteiger partial charge in [0, 0.05) is 13.1 Å². The van der Waals surface area contributed by atoms with E-state index in [4.69, 9.17) is 5.73 Å². The third-order valence-corrected chi connectivity index (χ3v) is 4.16. The van der Waals surface area contributed by atoms with Crippen molar-refractivity contribution in [3.8, 4) is 0 Å². The van der Waals surface area contributed by atoms with E-state index in [0.717, 1.165) is 38.2 Å². The molecule has 1 aromatic rings. The summed E-state index contributed by atoms with van der Waals surface area (Å²) in [6.07, 6.45) is 1.13. The van der Waals surface area contributed by atoms with Gasteiger partial charge in [-0.05, 0) is 58.6 Å². The molecule has 1 aromatic carbocycles. The Hall–Kier alpha value is -0.450. The van der Waals surface area contributed by atoms with Gasteiger partial charge >= 0.3 is 0 Å². The van der Waals surface area contributed by atoms with E-state index in [1.54, 1.807) is 12.1 Å². The lowest BCUT2D eigenvalue weighted by atomic mass is 9.90. The van der Waals surface area contributed by atoms with Crippen molar-refractivity contribution in [2.75, 3.05) is 19.6 Å². The summed E-state index contributed by atoms with van der Waals surface area (Å²) >= 11 is 3.17. The molecule has 0 aliphatic carbocycles. The highest BCUT2D eigenvalue weighted by molar-refractivity contribution is 9.10. The lowest BCUT2D eigenvalue weighted by molar-refractivity contribution is 0.274. The number of rotatable bonds is 3. The van der Waals surface area contributed by atoms with Crippen molar-refractivity contribution in [1.82, 2.24) is 4.90 Å². The fourth-order valence-electron chi connectivity index (χ4n) is 2.32. The monoisotopic (exact) mass is 300 g/mol. The lowest BCUT2D eigenvalue weighted by Gasteiger charge is -2.22. The molecule has 1 aliphatic heterocycles. The first kappa shape index (κ1) is 13.0. The van der Waals surface area contributed by atoms with Crippen LogP contribution in [0.15, 0.2) is 22.7 Å². The topological polar surface area (TPSA) is 29.3 Å². The highest BCUT2D eigenvalue weighted by Gasteiger charge is 2.32. The van der Waals surface area contributed by atoms with Crippen molar-refractivity contribution in [2.45, 2.75) is 19.9 Å². The Kier molecular flexibility index (Phi) is 3.85. The Morgan fingerprint density at radius 1 is 1.53 bits per heavy atom. The molecule has 2 nitrogen and oxygen atoms in total. The number of likely N-dealkylation sites (tertiary alicyclic amines) is 1. The van der Waals surface area contributed by atoms with Crippen molar-refractivity contribution < 1.29 is 4.39 Å². The van der Waals surface area contributed by atoms with Crippen molar-refractivity contribution in [1.29, 1.82) is 0 Å². The number of hydrogen-bond donors (Lipinski definition) is 1. The molecule has 1 unspecified atom stereocenters. The largest absolute Gasteiger partial charge is 0.330 e. The molecular formula is C13H18BrFN2. The molecule has 2 rings (SSSR count). The second kappa shape index (κ2) is 5.04. The van der Waals surface area contributed by atoms with E-state index in [1.807, 2.05) is 6.07 Å². The van der Waals surface area contributed by atoms with E-state index in [9.17, 15) is 4.39 Å². The van der Waals surface area contributed by atoms with Crippen molar-refractivity contribution in [3.63, 3.8) is 0 Å². The van der Waals surface area contributed by atoms with Gasteiger partial charge in [-0.15, -0.1) is 0 Å². The van der Waals surface area contributed by atoms with E-state index in [-0.39, 0.29) is 11.2 Å². The maximum Gasteiger partial charge on any atom is 0.137 e.